The first-order valence-electron chi connectivity index (χ1n) is 6.19. The number of ether oxygens (including phenoxy) is 1. The first kappa shape index (κ1) is 13.0. The van der Waals surface area contributed by atoms with Crippen LogP contribution in [0.4, 0.5) is 4.79 Å². The largest absolute Gasteiger partial charge is 0.469 e. The van der Waals surface area contributed by atoms with Crippen LogP contribution in [-0.4, -0.2) is 30.8 Å². The molecule has 2 rings (SSSR count). The summed E-state index contributed by atoms with van der Waals surface area (Å²) in [5.41, 5.74) is -0.476. The van der Waals surface area contributed by atoms with Crippen molar-refractivity contribution in [2.75, 3.05) is 13.1 Å². The highest BCUT2D eigenvalue weighted by molar-refractivity contribution is 5.68. The average molecular weight is 252 g/mol. The second-order valence-corrected chi connectivity index (χ2v) is 5.53. The molecule has 0 radical (unpaired) electrons. The minimum Gasteiger partial charge on any atom is -0.469 e. The summed E-state index contributed by atoms with van der Waals surface area (Å²) in [4.78, 5) is 11.7. The Kier molecular flexibility index (Phi) is 3.61. The number of hydrogen-bond acceptors (Lipinski definition) is 4. The van der Waals surface area contributed by atoms with Crippen LogP contribution >= 0.6 is 0 Å². The van der Waals surface area contributed by atoms with Gasteiger partial charge in [-0.3, -0.25) is 0 Å². The number of nitrogens with one attached hydrogen (secondary N) is 2. The quantitative estimate of drug-likeness (QED) is 0.843. The molecule has 2 heterocycles. The molecule has 0 unspecified atom stereocenters. The van der Waals surface area contributed by atoms with Crippen LogP contribution in [0.2, 0.25) is 0 Å². The van der Waals surface area contributed by atoms with E-state index in [0.717, 1.165) is 18.8 Å². The standard InChI is InChI=1S/C13H20N2O3/c1-13(2,3)18-12(16)15-10-8-14-7-9(10)11-5-4-6-17-11/h4-6,9-10,14H,7-8H2,1-3H3,(H,15,16)/t9-,10-/m1/s1. The molecule has 1 aromatic rings. The molecule has 1 aliphatic rings. The molecule has 2 N–H and O–H groups in total. The summed E-state index contributed by atoms with van der Waals surface area (Å²) in [6, 6.07) is 3.80. The van der Waals surface area contributed by atoms with E-state index in [-0.39, 0.29) is 18.1 Å². The van der Waals surface area contributed by atoms with Gasteiger partial charge >= 0.3 is 6.09 Å². The average Bonchev–Trinajstić information content (AvgIpc) is 2.82. The summed E-state index contributed by atoms with van der Waals surface area (Å²) in [6.45, 7) is 7.08. The fourth-order valence-corrected chi connectivity index (χ4v) is 2.09. The van der Waals surface area contributed by atoms with E-state index >= 15 is 0 Å². The molecule has 5 nitrogen and oxygen atoms in total. The topological polar surface area (TPSA) is 63.5 Å². The Balaban J connectivity index is 1.94. The minimum absolute atomic E-state index is 0.00556. The van der Waals surface area contributed by atoms with Gasteiger partial charge < -0.3 is 19.8 Å². The lowest BCUT2D eigenvalue weighted by Gasteiger charge is -2.23. The van der Waals surface area contributed by atoms with E-state index in [9.17, 15) is 4.79 Å². The third kappa shape index (κ3) is 3.26. The van der Waals surface area contributed by atoms with Crippen molar-refractivity contribution in [1.82, 2.24) is 10.6 Å². The molecule has 0 spiro atoms. The second kappa shape index (κ2) is 5.02. The zero-order chi connectivity index (χ0) is 13.2. The van der Waals surface area contributed by atoms with Crippen molar-refractivity contribution in [3.05, 3.63) is 24.2 Å². The Bertz CT molecular complexity index is 395. The van der Waals surface area contributed by atoms with Gasteiger partial charge in [-0.1, -0.05) is 0 Å². The normalized spacial score (nSPS) is 23.9. The molecule has 1 aliphatic heterocycles. The van der Waals surface area contributed by atoms with E-state index in [1.54, 1.807) is 6.26 Å². The molecular formula is C13H20N2O3. The molecule has 18 heavy (non-hydrogen) atoms. The van der Waals surface area contributed by atoms with E-state index < -0.39 is 5.60 Å². The van der Waals surface area contributed by atoms with E-state index in [2.05, 4.69) is 10.6 Å². The molecule has 100 valence electrons. The van der Waals surface area contributed by atoms with Crippen molar-refractivity contribution >= 4 is 6.09 Å². The van der Waals surface area contributed by atoms with E-state index in [0.29, 0.717) is 0 Å². The fraction of sp³-hybridized carbons (Fsp3) is 0.615. The Morgan fingerprint density at radius 3 is 2.89 bits per heavy atom. The summed E-state index contributed by atoms with van der Waals surface area (Å²) in [7, 11) is 0. The highest BCUT2D eigenvalue weighted by Gasteiger charge is 2.32. The second-order valence-electron chi connectivity index (χ2n) is 5.53. The summed E-state index contributed by atoms with van der Waals surface area (Å²) in [5, 5.41) is 6.14. The van der Waals surface area contributed by atoms with Crippen LogP contribution in [0.3, 0.4) is 0 Å². The van der Waals surface area contributed by atoms with Crippen molar-refractivity contribution in [3.8, 4) is 0 Å². The monoisotopic (exact) mass is 252 g/mol. The van der Waals surface area contributed by atoms with Gasteiger partial charge in [0.05, 0.1) is 18.2 Å². The highest BCUT2D eigenvalue weighted by Crippen LogP contribution is 2.23. The molecule has 0 aromatic carbocycles. The number of alkyl carbamates (subject to hydrolysis) is 1. The number of carbonyl (C=O) groups is 1. The predicted octanol–water partition coefficient (Wildman–Crippen LogP) is 1.86. The van der Waals surface area contributed by atoms with E-state index in [4.69, 9.17) is 9.15 Å². The third-order valence-electron chi connectivity index (χ3n) is 2.82. The van der Waals surface area contributed by atoms with Crippen molar-refractivity contribution in [3.63, 3.8) is 0 Å². The Labute approximate surface area is 107 Å². The smallest absolute Gasteiger partial charge is 0.407 e. The van der Waals surface area contributed by atoms with Crippen molar-refractivity contribution < 1.29 is 13.9 Å². The SMILES string of the molecule is CC(C)(C)OC(=O)N[C@@H]1CNC[C@H]1c1ccco1. The van der Waals surface area contributed by atoms with Gasteiger partial charge in [0.25, 0.3) is 0 Å². The number of amides is 1. The predicted molar refractivity (Wildman–Crippen MR) is 67.5 cm³/mol. The van der Waals surface area contributed by atoms with Gasteiger partial charge in [0.15, 0.2) is 0 Å². The number of furan rings is 1. The zero-order valence-electron chi connectivity index (χ0n) is 11.0. The van der Waals surface area contributed by atoms with Gasteiger partial charge in [0.1, 0.15) is 11.4 Å². The van der Waals surface area contributed by atoms with E-state index in [1.165, 1.54) is 0 Å². The first-order chi connectivity index (χ1) is 8.46. The zero-order valence-corrected chi connectivity index (χ0v) is 11.0. The van der Waals surface area contributed by atoms with Gasteiger partial charge in [-0.05, 0) is 32.9 Å². The highest BCUT2D eigenvalue weighted by atomic mass is 16.6. The van der Waals surface area contributed by atoms with Crippen molar-refractivity contribution in [1.29, 1.82) is 0 Å². The number of hydrogen-bond donors (Lipinski definition) is 2. The molecule has 1 aromatic heterocycles. The summed E-state index contributed by atoms with van der Waals surface area (Å²) < 4.78 is 10.7. The molecule has 1 fully saturated rings. The van der Waals surface area contributed by atoms with Gasteiger partial charge in [-0.25, -0.2) is 4.79 Å². The third-order valence-corrected chi connectivity index (χ3v) is 2.82. The van der Waals surface area contributed by atoms with E-state index in [1.807, 2.05) is 32.9 Å². The van der Waals surface area contributed by atoms with Crippen LogP contribution < -0.4 is 10.6 Å². The van der Waals surface area contributed by atoms with Crippen LogP contribution in [-0.2, 0) is 4.74 Å². The van der Waals surface area contributed by atoms with Crippen LogP contribution in [0, 0.1) is 0 Å². The molecule has 5 heteroatoms. The van der Waals surface area contributed by atoms with Gasteiger partial charge in [0.2, 0.25) is 0 Å². The van der Waals surface area contributed by atoms with Gasteiger partial charge in [-0.15, -0.1) is 0 Å². The lowest BCUT2D eigenvalue weighted by atomic mass is 10.0. The maximum Gasteiger partial charge on any atom is 0.407 e. The molecule has 1 amide bonds. The maximum atomic E-state index is 11.7. The van der Waals surface area contributed by atoms with Crippen molar-refractivity contribution in [2.45, 2.75) is 38.3 Å². The van der Waals surface area contributed by atoms with Gasteiger partial charge in [0, 0.05) is 13.1 Å². The Morgan fingerprint density at radius 1 is 1.50 bits per heavy atom. The molecule has 0 bridgehead atoms. The molecule has 1 saturated heterocycles. The Morgan fingerprint density at radius 2 is 2.28 bits per heavy atom. The molecule has 0 saturated carbocycles. The fourth-order valence-electron chi connectivity index (χ4n) is 2.09. The summed E-state index contributed by atoms with van der Waals surface area (Å²) in [5.74, 6) is 1.05. The maximum absolute atomic E-state index is 11.7. The number of carbonyl (C=O) groups excluding carboxylic acids is 1. The lowest BCUT2D eigenvalue weighted by molar-refractivity contribution is 0.0503. The molecular weight excluding hydrogens is 232 g/mol. The van der Waals surface area contributed by atoms with Crippen LogP contribution in [0.1, 0.15) is 32.4 Å². The van der Waals surface area contributed by atoms with Crippen molar-refractivity contribution in [2.24, 2.45) is 0 Å². The lowest BCUT2D eigenvalue weighted by Crippen LogP contribution is -2.42. The minimum atomic E-state index is -0.476. The molecule has 2 atom stereocenters. The van der Waals surface area contributed by atoms with Crippen LogP contribution in [0.5, 0.6) is 0 Å². The Hall–Kier alpha value is -1.49. The first-order valence-corrected chi connectivity index (χ1v) is 6.19. The summed E-state index contributed by atoms with van der Waals surface area (Å²) >= 11 is 0. The number of rotatable bonds is 2. The van der Waals surface area contributed by atoms with Crippen LogP contribution in [0.15, 0.2) is 22.8 Å². The van der Waals surface area contributed by atoms with Gasteiger partial charge in [-0.2, -0.15) is 0 Å². The van der Waals surface area contributed by atoms with Crippen LogP contribution in [0.25, 0.3) is 0 Å². The summed E-state index contributed by atoms with van der Waals surface area (Å²) in [6.07, 6.45) is 1.27. The molecule has 0 aliphatic carbocycles.